The summed E-state index contributed by atoms with van der Waals surface area (Å²) in [5.41, 5.74) is 3.64. The summed E-state index contributed by atoms with van der Waals surface area (Å²) in [5.74, 6) is -0.297. The summed E-state index contributed by atoms with van der Waals surface area (Å²) in [7, 11) is 0. The zero-order valence-electron chi connectivity index (χ0n) is 13.2. The SMILES string of the molecule is Cc1cc(Br)c(OCC(=O)NN=Cc2cc(Br)c(O)c(Br)c2O)c(Br)c1. The molecule has 0 saturated carbocycles. The summed E-state index contributed by atoms with van der Waals surface area (Å²) in [5, 5.41) is 23.4. The van der Waals surface area contributed by atoms with Gasteiger partial charge in [-0.15, -0.1) is 0 Å². The first-order chi connectivity index (χ1) is 12.2. The lowest BCUT2D eigenvalue weighted by Gasteiger charge is -2.10. The first kappa shape index (κ1) is 21.2. The number of phenolic OH excluding ortho intramolecular Hbond substituents is 2. The maximum absolute atomic E-state index is 11.9. The Kier molecular flexibility index (Phi) is 7.51. The third kappa shape index (κ3) is 5.21. The molecule has 2 rings (SSSR count). The Bertz CT molecular complexity index is 864. The van der Waals surface area contributed by atoms with Gasteiger partial charge in [0.05, 0.1) is 19.6 Å². The van der Waals surface area contributed by atoms with Crippen molar-refractivity contribution in [3.63, 3.8) is 0 Å². The molecule has 0 bridgehead atoms. The number of carbonyl (C=O) groups is 1. The molecular formula is C16H12Br4N2O4. The van der Waals surface area contributed by atoms with E-state index in [0.29, 0.717) is 15.8 Å². The Labute approximate surface area is 183 Å². The van der Waals surface area contributed by atoms with Crippen LogP contribution in [0, 0.1) is 6.92 Å². The topological polar surface area (TPSA) is 91.2 Å². The minimum absolute atomic E-state index is 0.122. The lowest BCUT2D eigenvalue weighted by molar-refractivity contribution is -0.123. The molecule has 3 N–H and O–H groups in total. The predicted molar refractivity (Wildman–Crippen MR) is 113 cm³/mol. The third-order valence-corrected chi connectivity index (χ3v) is 5.61. The van der Waals surface area contributed by atoms with E-state index in [1.807, 2.05) is 19.1 Å². The zero-order chi connectivity index (χ0) is 19.4. The number of halogens is 4. The highest BCUT2D eigenvalue weighted by atomic mass is 79.9. The number of ether oxygens (including phenoxy) is 1. The van der Waals surface area contributed by atoms with Gasteiger partial charge in [0.2, 0.25) is 0 Å². The molecule has 0 saturated heterocycles. The van der Waals surface area contributed by atoms with Crippen molar-refractivity contribution < 1.29 is 19.7 Å². The average molecular weight is 616 g/mol. The van der Waals surface area contributed by atoms with Gasteiger partial charge in [-0.1, -0.05) is 0 Å². The molecule has 2 aromatic carbocycles. The van der Waals surface area contributed by atoms with Crippen LogP contribution in [-0.2, 0) is 4.79 Å². The fourth-order valence-corrected chi connectivity index (χ4v) is 4.68. The van der Waals surface area contributed by atoms with Gasteiger partial charge in [0.25, 0.3) is 5.91 Å². The maximum atomic E-state index is 11.9. The summed E-state index contributed by atoms with van der Waals surface area (Å²) in [4.78, 5) is 11.9. The van der Waals surface area contributed by atoms with Crippen molar-refractivity contribution in [3.05, 3.63) is 47.2 Å². The van der Waals surface area contributed by atoms with Gasteiger partial charge in [-0.05, 0) is 94.4 Å². The standard InChI is InChI=1S/C16H12Br4N2O4/c1-7-2-10(18)16(11(19)3-7)26-6-12(23)22-21-5-8-4-9(17)15(25)13(20)14(8)24/h2-5,24-25H,6H2,1H3,(H,22,23). The molecular weight excluding hydrogens is 604 g/mol. The highest BCUT2D eigenvalue weighted by molar-refractivity contribution is 9.11. The number of nitrogens with zero attached hydrogens (tertiary/aromatic N) is 1. The van der Waals surface area contributed by atoms with Crippen LogP contribution in [-0.4, -0.2) is 28.9 Å². The van der Waals surface area contributed by atoms with Crippen molar-refractivity contribution in [1.29, 1.82) is 0 Å². The fraction of sp³-hybridized carbons (Fsp3) is 0.125. The molecule has 0 aliphatic carbocycles. The number of amides is 1. The minimum atomic E-state index is -0.475. The van der Waals surface area contributed by atoms with Gasteiger partial charge in [-0.2, -0.15) is 5.10 Å². The van der Waals surface area contributed by atoms with E-state index >= 15 is 0 Å². The van der Waals surface area contributed by atoms with Gasteiger partial charge in [0, 0.05) is 5.56 Å². The van der Waals surface area contributed by atoms with Crippen LogP contribution >= 0.6 is 63.7 Å². The lowest BCUT2D eigenvalue weighted by atomic mass is 10.2. The number of aryl methyl sites for hydroxylation is 1. The molecule has 1 amide bonds. The molecule has 0 radical (unpaired) electrons. The quantitative estimate of drug-likeness (QED) is 0.327. The molecule has 0 aromatic heterocycles. The Hall–Kier alpha value is -1.10. The molecule has 138 valence electrons. The highest BCUT2D eigenvalue weighted by Gasteiger charge is 2.13. The zero-order valence-corrected chi connectivity index (χ0v) is 19.5. The average Bonchev–Trinajstić information content (AvgIpc) is 2.56. The van der Waals surface area contributed by atoms with Crippen LogP contribution in [0.3, 0.4) is 0 Å². The lowest BCUT2D eigenvalue weighted by Crippen LogP contribution is -2.24. The Morgan fingerprint density at radius 3 is 2.35 bits per heavy atom. The molecule has 0 aliphatic rings. The van der Waals surface area contributed by atoms with Crippen molar-refractivity contribution in [2.75, 3.05) is 6.61 Å². The molecule has 6 nitrogen and oxygen atoms in total. The van der Waals surface area contributed by atoms with Crippen LogP contribution in [0.15, 0.2) is 41.2 Å². The second kappa shape index (κ2) is 9.20. The number of hydrogen-bond acceptors (Lipinski definition) is 5. The van der Waals surface area contributed by atoms with E-state index in [1.165, 1.54) is 12.3 Å². The minimum Gasteiger partial charge on any atom is -0.506 e. The van der Waals surface area contributed by atoms with Crippen LogP contribution in [0.1, 0.15) is 11.1 Å². The maximum Gasteiger partial charge on any atom is 0.277 e. The number of carbonyl (C=O) groups excluding carboxylic acids is 1. The van der Waals surface area contributed by atoms with Crippen LogP contribution in [0.5, 0.6) is 17.2 Å². The second-order valence-corrected chi connectivity index (χ2v) is 8.45. The number of hydrazone groups is 1. The number of hydrogen-bond donors (Lipinski definition) is 3. The second-order valence-electron chi connectivity index (χ2n) is 5.10. The molecule has 10 heteroatoms. The largest absolute Gasteiger partial charge is 0.506 e. The van der Waals surface area contributed by atoms with E-state index < -0.39 is 5.91 Å². The molecule has 0 fully saturated rings. The molecule has 2 aromatic rings. The predicted octanol–water partition coefficient (Wildman–Crippen LogP) is 4.99. The van der Waals surface area contributed by atoms with Crippen molar-refractivity contribution in [3.8, 4) is 17.2 Å². The number of aromatic hydroxyl groups is 2. The molecule has 0 aliphatic heterocycles. The van der Waals surface area contributed by atoms with Crippen molar-refractivity contribution >= 4 is 75.8 Å². The molecule has 0 spiro atoms. The van der Waals surface area contributed by atoms with E-state index in [-0.39, 0.29) is 22.6 Å². The molecule has 26 heavy (non-hydrogen) atoms. The van der Waals surface area contributed by atoms with Crippen molar-refractivity contribution in [1.82, 2.24) is 5.43 Å². The van der Waals surface area contributed by atoms with Gasteiger partial charge >= 0.3 is 0 Å². The van der Waals surface area contributed by atoms with Crippen molar-refractivity contribution in [2.45, 2.75) is 6.92 Å². The van der Waals surface area contributed by atoms with E-state index in [9.17, 15) is 15.0 Å². The first-order valence-electron chi connectivity index (χ1n) is 7.01. The number of nitrogens with one attached hydrogen (secondary N) is 1. The normalized spacial score (nSPS) is 11.0. The number of rotatable bonds is 5. The van der Waals surface area contributed by atoms with E-state index in [1.54, 1.807) is 0 Å². The van der Waals surface area contributed by atoms with Crippen LogP contribution in [0.4, 0.5) is 0 Å². The van der Waals surface area contributed by atoms with E-state index in [2.05, 4.69) is 74.2 Å². The van der Waals surface area contributed by atoms with Crippen LogP contribution < -0.4 is 10.2 Å². The van der Waals surface area contributed by atoms with E-state index in [0.717, 1.165) is 14.5 Å². The monoisotopic (exact) mass is 612 g/mol. The Morgan fingerprint density at radius 2 is 1.73 bits per heavy atom. The summed E-state index contributed by atoms with van der Waals surface area (Å²) in [6.45, 7) is 1.70. The Balaban J connectivity index is 1.99. The van der Waals surface area contributed by atoms with Gasteiger partial charge in [0.1, 0.15) is 21.7 Å². The smallest absolute Gasteiger partial charge is 0.277 e. The van der Waals surface area contributed by atoms with Gasteiger partial charge in [-0.25, -0.2) is 5.43 Å². The van der Waals surface area contributed by atoms with Gasteiger partial charge in [0.15, 0.2) is 6.61 Å². The summed E-state index contributed by atoms with van der Waals surface area (Å²) < 4.78 is 7.43. The molecule has 0 atom stereocenters. The molecule has 0 unspecified atom stereocenters. The summed E-state index contributed by atoms with van der Waals surface area (Å²) in [6.07, 6.45) is 1.25. The highest BCUT2D eigenvalue weighted by Crippen LogP contribution is 2.40. The van der Waals surface area contributed by atoms with Gasteiger partial charge < -0.3 is 14.9 Å². The fourth-order valence-electron chi connectivity index (χ4n) is 1.88. The number of phenols is 2. The van der Waals surface area contributed by atoms with E-state index in [4.69, 9.17) is 4.74 Å². The Morgan fingerprint density at radius 1 is 1.12 bits per heavy atom. The van der Waals surface area contributed by atoms with Crippen LogP contribution in [0.25, 0.3) is 0 Å². The first-order valence-corrected chi connectivity index (χ1v) is 10.2. The molecule has 0 heterocycles. The van der Waals surface area contributed by atoms with Crippen molar-refractivity contribution in [2.24, 2.45) is 5.10 Å². The number of benzene rings is 2. The van der Waals surface area contributed by atoms with Gasteiger partial charge in [-0.3, -0.25) is 4.79 Å². The summed E-state index contributed by atoms with van der Waals surface area (Å²) in [6, 6.07) is 5.21. The summed E-state index contributed by atoms with van der Waals surface area (Å²) >= 11 is 13.0. The third-order valence-electron chi connectivity index (χ3n) is 3.08. The van der Waals surface area contributed by atoms with Crippen LogP contribution in [0.2, 0.25) is 0 Å².